The van der Waals surface area contributed by atoms with Crippen molar-refractivity contribution in [2.24, 2.45) is 11.8 Å². The predicted molar refractivity (Wildman–Crippen MR) is 155 cm³/mol. The molecule has 1 atom stereocenters. The molecule has 0 bridgehead atoms. The van der Waals surface area contributed by atoms with Crippen LogP contribution in [0, 0.1) is 11.8 Å². The van der Waals surface area contributed by atoms with Crippen molar-refractivity contribution >= 4 is 11.9 Å². The Morgan fingerprint density at radius 3 is 1.47 bits per heavy atom. The van der Waals surface area contributed by atoms with Gasteiger partial charge in [-0.1, -0.05) is 143 Å². The van der Waals surface area contributed by atoms with Crippen LogP contribution in [0.15, 0.2) is 0 Å². The van der Waals surface area contributed by atoms with E-state index in [1.54, 1.807) is 0 Å². The summed E-state index contributed by atoms with van der Waals surface area (Å²) in [6.45, 7) is 9.91. The first-order valence-corrected chi connectivity index (χ1v) is 15.9. The van der Waals surface area contributed by atoms with E-state index >= 15 is 0 Å². The van der Waals surface area contributed by atoms with Crippen molar-refractivity contribution in [2.45, 2.75) is 169 Å². The highest BCUT2D eigenvalue weighted by molar-refractivity contribution is 5.83. The molecule has 0 aliphatic rings. The Labute approximate surface area is 225 Å². The van der Waals surface area contributed by atoms with Crippen LogP contribution in [0.25, 0.3) is 0 Å². The normalized spacial score (nSPS) is 12.1. The fourth-order valence-corrected chi connectivity index (χ4v) is 4.86. The minimum atomic E-state index is -0.270. The molecule has 0 aromatic heterocycles. The highest BCUT2D eigenvalue weighted by atomic mass is 16.5. The zero-order valence-corrected chi connectivity index (χ0v) is 24.9. The lowest BCUT2D eigenvalue weighted by atomic mass is 9.93. The maximum Gasteiger partial charge on any atom is 0.306 e. The van der Waals surface area contributed by atoms with Gasteiger partial charge in [0.05, 0.1) is 13.0 Å². The predicted octanol–water partition coefficient (Wildman–Crippen LogP) is 9.54. The van der Waals surface area contributed by atoms with Crippen molar-refractivity contribution in [1.29, 1.82) is 0 Å². The summed E-state index contributed by atoms with van der Waals surface area (Å²) >= 11 is 0. The molecule has 4 heteroatoms. The number of hydrogen-bond acceptors (Lipinski definition) is 3. The molecule has 0 heterocycles. The Balaban J connectivity index is 3.76. The quantitative estimate of drug-likeness (QED) is 0.0885. The highest BCUT2D eigenvalue weighted by Crippen LogP contribution is 2.17. The third-order valence-electron chi connectivity index (χ3n) is 7.13. The Hall–Kier alpha value is -1.06. The first-order chi connectivity index (χ1) is 17.5. The average Bonchev–Trinajstić information content (AvgIpc) is 2.85. The molecule has 0 aromatic carbocycles. The number of ether oxygens (including phenoxy) is 1. The monoisotopic (exact) mass is 509 g/mol. The topological polar surface area (TPSA) is 55.4 Å². The molecular weight excluding hydrogens is 446 g/mol. The molecule has 214 valence electrons. The van der Waals surface area contributed by atoms with Crippen molar-refractivity contribution < 1.29 is 14.3 Å². The van der Waals surface area contributed by atoms with Crippen LogP contribution in [-0.2, 0) is 14.3 Å². The lowest BCUT2D eigenvalue weighted by Crippen LogP contribution is -2.34. The molecular formula is C32H63NO3. The van der Waals surface area contributed by atoms with Gasteiger partial charge < -0.3 is 10.1 Å². The fraction of sp³-hybridized carbons (Fsp3) is 0.938. The van der Waals surface area contributed by atoms with Crippen LogP contribution < -0.4 is 5.32 Å². The second-order valence-electron chi connectivity index (χ2n) is 11.4. The van der Waals surface area contributed by atoms with Gasteiger partial charge in [0.1, 0.15) is 0 Å². The summed E-state index contributed by atoms with van der Waals surface area (Å²) < 4.78 is 5.47. The first-order valence-electron chi connectivity index (χ1n) is 15.9. The first kappa shape index (κ1) is 34.9. The van der Waals surface area contributed by atoms with Crippen molar-refractivity contribution in [3.8, 4) is 0 Å². The van der Waals surface area contributed by atoms with E-state index in [1.807, 2.05) is 0 Å². The van der Waals surface area contributed by atoms with Crippen LogP contribution in [0.5, 0.6) is 0 Å². The van der Waals surface area contributed by atoms with E-state index in [9.17, 15) is 9.59 Å². The third-order valence-corrected chi connectivity index (χ3v) is 7.13. The largest absolute Gasteiger partial charge is 0.466 e. The number of carbonyl (C=O) groups is 2. The van der Waals surface area contributed by atoms with Crippen molar-refractivity contribution in [3.63, 3.8) is 0 Å². The molecule has 0 unspecified atom stereocenters. The van der Waals surface area contributed by atoms with Gasteiger partial charge in [-0.3, -0.25) is 9.59 Å². The molecule has 36 heavy (non-hydrogen) atoms. The lowest BCUT2D eigenvalue weighted by Gasteiger charge is -2.18. The number of nitrogens with one attached hydrogen (secondary N) is 1. The van der Waals surface area contributed by atoms with E-state index in [0.717, 1.165) is 32.1 Å². The molecule has 0 saturated carbocycles. The molecule has 1 N–H and O–H groups in total. The maximum atomic E-state index is 12.6. The van der Waals surface area contributed by atoms with E-state index in [4.69, 9.17) is 4.74 Å². The van der Waals surface area contributed by atoms with Crippen LogP contribution in [0.2, 0.25) is 0 Å². The molecule has 0 radical (unpaired) electrons. The lowest BCUT2D eigenvalue weighted by molar-refractivity contribution is -0.147. The SMILES string of the molecule is CCCCCCCCCCCCCCCCOC(=O)C[C@@H](CC(C)C)C(=O)NCCCCCCCC. The van der Waals surface area contributed by atoms with E-state index in [1.165, 1.54) is 103 Å². The van der Waals surface area contributed by atoms with Crippen LogP contribution in [0.4, 0.5) is 0 Å². The van der Waals surface area contributed by atoms with Crippen LogP contribution in [0.1, 0.15) is 169 Å². The van der Waals surface area contributed by atoms with Gasteiger partial charge in [0.15, 0.2) is 0 Å². The summed E-state index contributed by atoms with van der Waals surface area (Å²) in [5.74, 6) is -0.0851. The number of hydrogen-bond donors (Lipinski definition) is 1. The Morgan fingerprint density at radius 2 is 1.03 bits per heavy atom. The standard InChI is InChI=1S/C32H63NO3/c1-5-7-9-11-13-14-15-16-17-18-19-20-22-24-26-36-31(34)28-30(27-29(3)4)32(35)33-25-23-21-12-10-8-6-2/h29-30H,5-28H2,1-4H3,(H,33,35)/t30-/m1/s1. The van der Waals surface area contributed by atoms with Gasteiger partial charge in [0.25, 0.3) is 0 Å². The van der Waals surface area contributed by atoms with Crippen molar-refractivity contribution in [1.82, 2.24) is 5.32 Å². The summed E-state index contributed by atoms with van der Waals surface area (Å²) in [5, 5.41) is 3.06. The van der Waals surface area contributed by atoms with Gasteiger partial charge in [-0.15, -0.1) is 0 Å². The fourth-order valence-electron chi connectivity index (χ4n) is 4.86. The van der Waals surface area contributed by atoms with Crippen LogP contribution in [0.3, 0.4) is 0 Å². The average molecular weight is 510 g/mol. The van der Waals surface area contributed by atoms with Crippen molar-refractivity contribution in [3.05, 3.63) is 0 Å². The van der Waals surface area contributed by atoms with Gasteiger partial charge in [-0.2, -0.15) is 0 Å². The molecule has 0 aliphatic heterocycles. The summed E-state index contributed by atoms with van der Waals surface area (Å²) in [5.41, 5.74) is 0. The highest BCUT2D eigenvalue weighted by Gasteiger charge is 2.23. The number of unbranched alkanes of at least 4 members (excludes halogenated alkanes) is 18. The minimum absolute atomic E-state index is 0.0192. The molecule has 0 saturated heterocycles. The van der Waals surface area contributed by atoms with E-state index in [2.05, 4.69) is 33.0 Å². The third kappa shape index (κ3) is 24.6. The molecule has 0 aliphatic carbocycles. The zero-order valence-electron chi connectivity index (χ0n) is 24.9. The number of rotatable bonds is 27. The van der Waals surface area contributed by atoms with E-state index in [-0.39, 0.29) is 24.2 Å². The summed E-state index contributed by atoms with van der Waals surface area (Å²) in [6, 6.07) is 0. The van der Waals surface area contributed by atoms with Crippen molar-refractivity contribution in [2.75, 3.05) is 13.2 Å². The van der Waals surface area contributed by atoms with E-state index in [0.29, 0.717) is 19.1 Å². The van der Waals surface area contributed by atoms with Crippen LogP contribution >= 0.6 is 0 Å². The molecule has 4 nitrogen and oxygen atoms in total. The second kappa shape index (κ2) is 27.0. The molecule has 0 aromatic rings. The van der Waals surface area contributed by atoms with Gasteiger partial charge in [0.2, 0.25) is 5.91 Å². The van der Waals surface area contributed by atoms with E-state index < -0.39 is 0 Å². The Kier molecular flexibility index (Phi) is 26.2. The smallest absolute Gasteiger partial charge is 0.306 e. The summed E-state index contributed by atoms with van der Waals surface area (Å²) in [4.78, 5) is 25.0. The van der Waals surface area contributed by atoms with Crippen LogP contribution in [-0.4, -0.2) is 25.0 Å². The maximum absolute atomic E-state index is 12.6. The zero-order chi connectivity index (χ0) is 26.7. The van der Waals surface area contributed by atoms with Gasteiger partial charge in [0, 0.05) is 12.5 Å². The van der Waals surface area contributed by atoms with Gasteiger partial charge in [-0.25, -0.2) is 0 Å². The summed E-state index contributed by atoms with van der Waals surface area (Å²) in [6.07, 6.45) is 26.6. The molecule has 0 spiro atoms. The molecule has 0 fully saturated rings. The number of carbonyl (C=O) groups excluding carboxylic acids is 2. The van der Waals surface area contributed by atoms with Gasteiger partial charge >= 0.3 is 5.97 Å². The second-order valence-corrected chi connectivity index (χ2v) is 11.4. The van der Waals surface area contributed by atoms with Gasteiger partial charge in [-0.05, 0) is 25.2 Å². The Morgan fingerprint density at radius 1 is 0.611 bits per heavy atom. The molecule has 0 rings (SSSR count). The summed E-state index contributed by atoms with van der Waals surface area (Å²) in [7, 11) is 0. The minimum Gasteiger partial charge on any atom is -0.466 e. The molecule has 1 amide bonds. The number of esters is 1. The number of amides is 1. The Bertz CT molecular complexity index is 492.